The third-order valence-corrected chi connectivity index (χ3v) is 2.62. The standard InChI is InChI=1S/C8H14F3N/c9-8(10,11)7-3-1-2-6(7)4-5-12/h6-7H,1-5,12H2. The number of rotatable bonds is 2. The predicted molar refractivity (Wildman–Crippen MR) is 40.6 cm³/mol. The number of halogens is 3. The summed E-state index contributed by atoms with van der Waals surface area (Å²) in [7, 11) is 0. The van der Waals surface area contributed by atoms with Crippen LogP contribution in [-0.4, -0.2) is 12.7 Å². The van der Waals surface area contributed by atoms with E-state index in [0.29, 0.717) is 32.2 Å². The van der Waals surface area contributed by atoms with E-state index in [1.165, 1.54) is 0 Å². The van der Waals surface area contributed by atoms with Crippen molar-refractivity contribution in [2.45, 2.75) is 31.9 Å². The van der Waals surface area contributed by atoms with Crippen LogP contribution in [-0.2, 0) is 0 Å². The molecule has 1 fully saturated rings. The lowest BCUT2D eigenvalue weighted by Crippen LogP contribution is -2.27. The maximum Gasteiger partial charge on any atom is 0.392 e. The Morgan fingerprint density at radius 2 is 1.92 bits per heavy atom. The summed E-state index contributed by atoms with van der Waals surface area (Å²) in [5.74, 6) is -1.30. The highest BCUT2D eigenvalue weighted by molar-refractivity contribution is 4.82. The fraction of sp³-hybridized carbons (Fsp3) is 1.00. The monoisotopic (exact) mass is 181 g/mol. The number of alkyl halides is 3. The molecule has 2 N–H and O–H groups in total. The molecule has 0 aromatic carbocycles. The minimum absolute atomic E-state index is 0.213. The second kappa shape index (κ2) is 3.64. The molecular formula is C8H14F3N. The van der Waals surface area contributed by atoms with Gasteiger partial charge in [0.2, 0.25) is 0 Å². The van der Waals surface area contributed by atoms with E-state index in [-0.39, 0.29) is 5.92 Å². The lowest BCUT2D eigenvalue weighted by molar-refractivity contribution is -0.183. The first-order valence-electron chi connectivity index (χ1n) is 4.32. The lowest BCUT2D eigenvalue weighted by atomic mass is 9.92. The van der Waals surface area contributed by atoms with E-state index in [1.54, 1.807) is 0 Å². The Morgan fingerprint density at radius 3 is 2.42 bits per heavy atom. The maximum absolute atomic E-state index is 12.3. The third-order valence-electron chi connectivity index (χ3n) is 2.62. The molecule has 1 saturated carbocycles. The van der Waals surface area contributed by atoms with Crippen LogP contribution in [0.2, 0.25) is 0 Å². The smallest absolute Gasteiger partial charge is 0.330 e. The van der Waals surface area contributed by atoms with E-state index < -0.39 is 12.1 Å². The normalized spacial score (nSPS) is 31.0. The van der Waals surface area contributed by atoms with Gasteiger partial charge in [0.25, 0.3) is 0 Å². The highest BCUT2D eigenvalue weighted by atomic mass is 19.4. The van der Waals surface area contributed by atoms with Crippen molar-refractivity contribution in [1.82, 2.24) is 0 Å². The van der Waals surface area contributed by atoms with Crippen LogP contribution in [0.15, 0.2) is 0 Å². The van der Waals surface area contributed by atoms with Crippen LogP contribution in [0.3, 0.4) is 0 Å². The van der Waals surface area contributed by atoms with Gasteiger partial charge in [0, 0.05) is 0 Å². The molecule has 72 valence electrons. The van der Waals surface area contributed by atoms with Gasteiger partial charge in [0.15, 0.2) is 0 Å². The lowest BCUT2D eigenvalue weighted by Gasteiger charge is -2.21. The van der Waals surface area contributed by atoms with E-state index in [0.717, 1.165) is 0 Å². The molecule has 4 heteroatoms. The first kappa shape index (κ1) is 9.84. The van der Waals surface area contributed by atoms with Crippen LogP contribution in [0.25, 0.3) is 0 Å². The van der Waals surface area contributed by atoms with Crippen LogP contribution in [0.1, 0.15) is 25.7 Å². The molecule has 1 nitrogen and oxygen atoms in total. The van der Waals surface area contributed by atoms with E-state index >= 15 is 0 Å². The summed E-state index contributed by atoms with van der Waals surface area (Å²) in [6.07, 6.45) is -1.79. The summed E-state index contributed by atoms with van der Waals surface area (Å²) in [4.78, 5) is 0. The molecule has 0 bridgehead atoms. The van der Waals surface area contributed by atoms with Crippen molar-refractivity contribution in [3.8, 4) is 0 Å². The molecular weight excluding hydrogens is 167 g/mol. The summed E-state index contributed by atoms with van der Waals surface area (Å²) < 4.78 is 36.9. The molecule has 0 heterocycles. The number of hydrogen-bond donors (Lipinski definition) is 1. The van der Waals surface area contributed by atoms with Crippen molar-refractivity contribution in [2.75, 3.05) is 6.54 Å². The van der Waals surface area contributed by atoms with Gasteiger partial charge in [-0.2, -0.15) is 13.2 Å². The van der Waals surface area contributed by atoms with Crippen molar-refractivity contribution < 1.29 is 13.2 Å². The minimum atomic E-state index is -4.00. The first-order valence-corrected chi connectivity index (χ1v) is 4.32. The summed E-state index contributed by atoms with van der Waals surface area (Å²) in [5.41, 5.74) is 5.25. The SMILES string of the molecule is NCCC1CCCC1C(F)(F)F. The Labute approximate surface area is 70.1 Å². The van der Waals surface area contributed by atoms with E-state index in [4.69, 9.17) is 5.73 Å². The second-order valence-electron chi connectivity index (χ2n) is 3.42. The average Bonchev–Trinajstić information content (AvgIpc) is 2.34. The van der Waals surface area contributed by atoms with Crippen LogP contribution in [0.5, 0.6) is 0 Å². The average molecular weight is 181 g/mol. The molecule has 12 heavy (non-hydrogen) atoms. The Hall–Kier alpha value is -0.250. The van der Waals surface area contributed by atoms with Gasteiger partial charge >= 0.3 is 6.18 Å². The molecule has 2 atom stereocenters. The van der Waals surface area contributed by atoms with Gasteiger partial charge in [0.05, 0.1) is 5.92 Å². The largest absolute Gasteiger partial charge is 0.392 e. The highest BCUT2D eigenvalue weighted by Gasteiger charge is 2.46. The molecule has 0 aromatic heterocycles. The van der Waals surface area contributed by atoms with Gasteiger partial charge < -0.3 is 5.73 Å². The van der Waals surface area contributed by atoms with E-state index in [2.05, 4.69) is 0 Å². The van der Waals surface area contributed by atoms with Crippen LogP contribution in [0, 0.1) is 11.8 Å². The third kappa shape index (κ3) is 2.12. The molecule has 1 rings (SSSR count). The molecule has 0 aliphatic heterocycles. The van der Waals surface area contributed by atoms with Gasteiger partial charge in [-0.05, 0) is 31.7 Å². The molecule has 0 amide bonds. The minimum Gasteiger partial charge on any atom is -0.330 e. The first-order chi connectivity index (χ1) is 5.55. The van der Waals surface area contributed by atoms with E-state index in [1.807, 2.05) is 0 Å². The van der Waals surface area contributed by atoms with Crippen molar-refractivity contribution in [3.05, 3.63) is 0 Å². The van der Waals surface area contributed by atoms with Crippen LogP contribution < -0.4 is 5.73 Å². The van der Waals surface area contributed by atoms with Crippen molar-refractivity contribution >= 4 is 0 Å². The Bertz CT molecular complexity index is 144. The molecule has 2 unspecified atom stereocenters. The topological polar surface area (TPSA) is 26.0 Å². The van der Waals surface area contributed by atoms with Gasteiger partial charge in [-0.25, -0.2) is 0 Å². The molecule has 0 spiro atoms. The Balaban J connectivity index is 2.52. The second-order valence-corrected chi connectivity index (χ2v) is 3.42. The quantitative estimate of drug-likeness (QED) is 0.695. The summed E-state index contributed by atoms with van der Waals surface area (Å²) in [6.45, 7) is 0.372. The molecule has 1 aliphatic carbocycles. The van der Waals surface area contributed by atoms with Gasteiger partial charge in [-0.3, -0.25) is 0 Å². The van der Waals surface area contributed by atoms with Gasteiger partial charge in [0.1, 0.15) is 0 Å². The fourth-order valence-electron chi connectivity index (χ4n) is 2.03. The summed E-state index contributed by atoms with van der Waals surface area (Å²) >= 11 is 0. The Kier molecular flexibility index (Phi) is 2.99. The van der Waals surface area contributed by atoms with E-state index in [9.17, 15) is 13.2 Å². The molecule has 1 aliphatic rings. The zero-order valence-electron chi connectivity index (χ0n) is 6.90. The maximum atomic E-state index is 12.3. The zero-order valence-corrected chi connectivity index (χ0v) is 6.90. The van der Waals surface area contributed by atoms with Crippen LogP contribution >= 0.6 is 0 Å². The Morgan fingerprint density at radius 1 is 1.25 bits per heavy atom. The molecule has 0 saturated heterocycles. The number of nitrogens with two attached hydrogens (primary N) is 1. The van der Waals surface area contributed by atoms with Gasteiger partial charge in [-0.1, -0.05) is 6.42 Å². The zero-order chi connectivity index (χ0) is 9.19. The highest BCUT2D eigenvalue weighted by Crippen LogP contribution is 2.44. The van der Waals surface area contributed by atoms with Crippen LogP contribution in [0.4, 0.5) is 13.2 Å². The van der Waals surface area contributed by atoms with Crippen molar-refractivity contribution in [2.24, 2.45) is 17.6 Å². The summed E-state index contributed by atoms with van der Waals surface area (Å²) in [6, 6.07) is 0. The summed E-state index contributed by atoms with van der Waals surface area (Å²) in [5, 5.41) is 0. The van der Waals surface area contributed by atoms with Crippen molar-refractivity contribution in [1.29, 1.82) is 0 Å². The van der Waals surface area contributed by atoms with Crippen molar-refractivity contribution in [3.63, 3.8) is 0 Å². The number of hydrogen-bond acceptors (Lipinski definition) is 1. The fourth-order valence-corrected chi connectivity index (χ4v) is 2.03. The molecule has 0 radical (unpaired) electrons. The molecule has 0 aromatic rings. The predicted octanol–water partition coefficient (Wildman–Crippen LogP) is 2.31. The van der Waals surface area contributed by atoms with Gasteiger partial charge in [-0.15, -0.1) is 0 Å².